The Balaban J connectivity index is 1.32. The van der Waals surface area contributed by atoms with Crippen LogP contribution in [-0.2, 0) is 0 Å². The summed E-state index contributed by atoms with van der Waals surface area (Å²) in [6, 6.07) is 0. The first kappa shape index (κ1) is 14.8. The lowest BCUT2D eigenvalue weighted by molar-refractivity contribution is -0.107. The molecule has 2 heterocycles. The minimum absolute atomic E-state index is 0.713. The van der Waals surface area contributed by atoms with Gasteiger partial charge in [0.2, 0.25) is 0 Å². The first-order valence-corrected chi connectivity index (χ1v) is 12.3. The molecule has 4 saturated carbocycles. The molecule has 0 bridgehead atoms. The number of hydrogen-bond acceptors (Lipinski definition) is 2. The van der Waals surface area contributed by atoms with Crippen molar-refractivity contribution < 1.29 is 0 Å². The van der Waals surface area contributed by atoms with Crippen LogP contribution in [0.25, 0.3) is 0 Å². The van der Waals surface area contributed by atoms with E-state index < -0.39 is 0 Å². The van der Waals surface area contributed by atoms with Crippen LogP contribution in [0.15, 0.2) is 0 Å². The smallest absolute Gasteiger partial charge is 0.0307 e. The van der Waals surface area contributed by atoms with Gasteiger partial charge in [0.15, 0.2) is 0 Å². The van der Waals surface area contributed by atoms with E-state index in [4.69, 9.17) is 0 Å². The molecule has 2 spiro atoms. The minimum atomic E-state index is 0.713. The third kappa shape index (κ3) is 1.74. The Bertz CT molecular complexity index is 548. The Labute approximate surface area is 150 Å². The van der Waals surface area contributed by atoms with Crippen LogP contribution in [0, 0.1) is 34.5 Å². The molecule has 128 valence electrons. The maximum absolute atomic E-state index is 2.74. The van der Waals surface area contributed by atoms with Gasteiger partial charge in [0, 0.05) is 21.0 Å². The number of rotatable bonds is 0. The summed E-state index contributed by atoms with van der Waals surface area (Å²) in [6.07, 6.45) is 14.1. The summed E-state index contributed by atoms with van der Waals surface area (Å²) >= 11 is 4.62. The fraction of sp³-hybridized carbons (Fsp3) is 1.00. The van der Waals surface area contributed by atoms with Crippen LogP contribution < -0.4 is 0 Å². The molecule has 0 unspecified atom stereocenters. The molecule has 0 aromatic carbocycles. The van der Waals surface area contributed by atoms with Gasteiger partial charge in [-0.1, -0.05) is 13.8 Å². The zero-order valence-corrected chi connectivity index (χ0v) is 16.5. The van der Waals surface area contributed by atoms with Crippen molar-refractivity contribution in [3.05, 3.63) is 0 Å². The largest absolute Gasteiger partial charge is 0.153 e. The molecule has 6 fully saturated rings. The maximum atomic E-state index is 2.74. The first-order chi connectivity index (χ1) is 11.0. The van der Waals surface area contributed by atoms with Crippen LogP contribution in [0.1, 0.15) is 71.6 Å². The molecule has 23 heavy (non-hydrogen) atoms. The summed E-state index contributed by atoms with van der Waals surface area (Å²) in [5.41, 5.74) is 1.43. The molecule has 2 saturated heterocycles. The van der Waals surface area contributed by atoms with Crippen molar-refractivity contribution in [3.63, 3.8) is 0 Å². The lowest BCUT2D eigenvalue weighted by atomic mass is 9.44. The predicted octanol–water partition coefficient (Wildman–Crippen LogP) is 6.00. The van der Waals surface area contributed by atoms with Crippen molar-refractivity contribution in [1.29, 1.82) is 0 Å². The van der Waals surface area contributed by atoms with Gasteiger partial charge in [-0.25, -0.2) is 0 Å². The first-order valence-electron chi connectivity index (χ1n) is 10.3. The van der Waals surface area contributed by atoms with Gasteiger partial charge in [0.05, 0.1) is 0 Å². The Morgan fingerprint density at radius 2 is 1.57 bits per heavy atom. The summed E-state index contributed by atoms with van der Waals surface area (Å²) in [5, 5.41) is 0. The normalized spacial score (nSPS) is 66.0. The standard InChI is InChI=1S/C21H32S2/c1-18-9-10-20(12-22-20)11-14(18)3-4-15-16(18)5-7-19(2)17(15)6-8-21(19)13-23-21/h14-17H,3-13H2,1-2H3/t14-,15-,16+,17+,18+,19+,20+,21+/m1/s1. The monoisotopic (exact) mass is 348 g/mol. The topological polar surface area (TPSA) is 0 Å². The molecule has 0 radical (unpaired) electrons. The summed E-state index contributed by atoms with van der Waals surface area (Å²) in [7, 11) is 0. The zero-order valence-electron chi connectivity index (χ0n) is 14.9. The van der Waals surface area contributed by atoms with Gasteiger partial charge < -0.3 is 0 Å². The van der Waals surface area contributed by atoms with E-state index in [1.807, 2.05) is 0 Å². The second kappa shape index (κ2) is 4.33. The van der Waals surface area contributed by atoms with Gasteiger partial charge >= 0.3 is 0 Å². The van der Waals surface area contributed by atoms with Gasteiger partial charge in [-0.05, 0) is 92.3 Å². The highest BCUT2D eigenvalue weighted by molar-refractivity contribution is 8.08. The highest BCUT2D eigenvalue weighted by Crippen LogP contribution is 2.76. The van der Waals surface area contributed by atoms with Crippen molar-refractivity contribution in [2.45, 2.75) is 81.1 Å². The number of hydrogen-bond donors (Lipinski definition) is 0. The molecule has 8 atom stereocenters. The molecule has 2 aliphatic heterocycles. The second-order valence-electron chi connectivity index (χ2n) is 10.6. The fourth-order valence-electron chi connectivity index (χ4n) is 8.33. The summed E-state index contributed by atoms with van der Waals surface area (Å²) < 4.78 is 1.53. The van der Waals surface area contributed by atoms with E-state index in [0.717, 1.165) is 33.2 Å². The molecule has 0 aromatic rings. The quantitative estimate of drug-likeness (QED) is 0.492. The Morgan fingerprint density at radius 3 is 2.30 bits per heavy atom. The molecule has 2 heteroatoms. The Hall–Kier alpha value is 0.700. The average molecular weight is 349 g/mol. The molecular weight excluding hydrogens is 316 g/mol. The molecule has 4 aliphatic carbocycles. The number of fused-ring (bicyclic) bond motifs is 6. The van der Waals surface area contributed by atoms with Gasteiger partial charge in [-0.3, -0.25) is 0 Å². The fourth-order valence-corrected chi connectivity index (χ4v) is 10.9. The van der Waals surface area contributed by atoms with E-state index in [1.165, 1.54) is 11.5 Å². The predicted molar refractivity (Wildman–Crippen MR) is 102 cm³/mol. The Kier molecular flexibility index (Phi) is 2.79. The van der Waals surface area contributed by atoms with Crippen LogP contribution in [-0.4, -0.2) is 21.0 Å². The van der Waals surface area contributed by atoms with E-state index in [2.05, 4.69) is 37.4 Å². The molecule has 0 aromatic heterocycles. The van der Waals surface area contributed by atoms with Crippen LogP contribution >= 0.6 is 23.5 Å². The highest BCUT2D eigenvalue weighted by Gasteiger charge is 2.69. The van der Waals surface area contributed by atoms with Crippen molar-refractivity contribution in [1.82, 2.24) is 0 Å². The minimum Gasteiger partial charge on any atom is -0.153 e. The summed E-state index contributed by atoms with van der Waals surface area (Å²) in [4.78, 5) is 0. The lowest BCUT2D eigenvalue weighted by Gasteiger charge is -2.61. The van der Waals surface area contributed by atoms with E-state index in [9.17, 15) is 0 Å². The van der Waals surface area contributed by atoms with Crippen molar-refractivity contribution in [2.24, 2.45) is 34.5 Å². The van der Waals surface area contributed by atoms with E-state index in [-0.39, 0.29) is 0 Å². The van der Waals surface area contributed by atoms with Crippen LogP contribution in [0.5, 0.6) is 0 Å². The van der Waals surface area contributed by atoms with Crippen molar-refractivity contribution in [2.75, 3.05) is 11.5 Å². The summed E-state index contributed by atoms with van der Waals surface area (Å²) in [5.74, 6) is 7.32. The maximum Gasteiger partial charge on any atom is 0.0307 e. The molecule has 0 N–H and O–H groups in total. The molecule has 6 rings (SSSR count). The van der Waals surface area contributed by atoms with Gasteiger partial charge in [0.25, 0.3) is 0 Å². The average Bonchev–Trinajstić information content (AvgIpc) is 3.43. The lowest BCUT2D eigenvalue weighted by Crippen LogP contribution is -2.55. The highest BCUT2D eigenvalue weighted by atomic mass is 32.2. The van der Waals surface area contributed by atoms with Crippen molar-refractivity contribution in [3.8, 4) is 0 Å². The third-order valence-corrected chi connectivity index (χ3v) is 13.3. The molecule has 0 amide bonds. The van der Waals surface area contributed by atoms with Crippen LogP contribution in [0.3, 0.4) is 0 Å². The molecular formula is C21H32S2. The van der Waals surface area contributed by atoms with E-state index in [0.29, 0.717) is 10.8 Å². The third-order valence-electron chi connectivity index (χ3n) is 10.1. The van der Waals surface area contributed by atoms with Gasteiger partial charge in [-0.15, -0.1) is 0 Å². The van der Waals surface area contributed by atoms with Gasteiger partial charge in [-0.2, -0.15) is 23.5 Å². The second-order valence-corrected chi connectivity index (χ2v) is 13.4. The van der Waals surface area contributed by atoms with Crippen molar-refractivity contribution >= 4 is 23.5 Å². The SMILES string of the molecule is C[C@]12CC[C@@]3(CS3)C[C@H]1CC[C@@H]1[C@@H]2CC[C@@]2(C)[C@H]1CC[C@]21CS1. The van der Waals surface area contributed by atoms with Crippen LogP contribution in [0.2, 0.25) is 0 Å². The van der Waals surface area contributed by atoms with Crippen LogP contribution in [0.4, 0.5) is 0 Å². The Morgan fingerprint density at radius 1 is 0.783 bits per heavy atom. The van der Waals surface area contributed by atoms with E-state index >= 15 is 0 Å². The van der Waals surface area contributed by atoms with Gasteiger partial charge in [0.1, 0.15) is 0 Å². The van der Waals surface area contributed by atoms with E-state index in [1.54, 1.807) is 57.8 Å². The molecule has 0 nitrogen and oxygen atoms in total. The molecule has 6 aliphatic rings. The number of thioether (sulfide) groups is 2. The zero-order chi connectivity index (χ0) is 15.5. The summed E-state index contributed by atoms with van der Waals surface area (Å²) in [6.45, 7) is 5.46.